The number of thiophene rings is 1. The van der Waals surface area contributed by atoms with Gasteiger partial charge in [0.15, 0.2) is 11.0 Å². The number of nitrogens with zero attached hydrogens (tertiary/aromatic N) is 4. The second kappa shape index (κ2) is 12.6. The maximum absolute atomic E-state index is 12.8. The minimum absolute atomic E-state index is 0.0295. The van der Waals surface area contributed by atoms with Crippen LogP contribution in [0.4, 0.5) is 5.00 Å². The molecule has 0 aliphatic heterocycles. The number of benzene rings is 1. The van der Waals surface area contributed by atoms with Crippen molar-refractivity contribution in [3.8, 4) is 5.75 Å². The van der Waals surface area contributed by atoms with Gasteiger partial charge in [0, 0.05) is 20.6 Å². The Morgan fingerprint density at radius 1 is 1.13 bits per heavy atom. The van der Waals surface area contributed by atoms with Gasteiger partial charge in [-0.25, -0.2) is 4.79 Å². The molecule has 0 atom stereocenters. The third kappa shape index (κ3) is 7.18. The highest BCUT2D eigenvalue weighted by atomic mass is 32.2. The van der Waals surface area contributed by atoms with Gasteiger partial charge in [0.2, 0.25) is 5.91 Å². The topological polar surface area (TPSA) is 116 Å². The van der Waals surface area contributed by atoms with Crippen molar-refractivity contribution in [3.05, 3.63) is 51.7 Å². The maximum Gasteiger partial charge on any atom is 0.341 e. The quantitative estimate of drug-likeness (QED) is 0.273. The van der Waals surface area contributed by atoms with Crippen molar-refractivity contribution in [2.75, 3.05) is 32.3 Å². The minimum atomic E-state index is -0.618. The number of carbonyl (C=O) groups is 3. The van der Waals surface area contributed by atoms with E-state index in [0.717, 1.165) is 17.1 Å². The van der Waals surface area contributed by atoms with Crippen LogP contribution in [0.2, 0.25) is 0 Å². The number of nitrogens with one attached hydrogen (secondary N) is 1. The normalized spacial score (nSPS) is 11.3. The average Bonchev–Trinajstić information content (AvgIpc) is 3.44. The van der Waals surface area contributed by atoms with E-state index in [1.165, 1.54) is 29.3 Å². The summed E-state index contributed by atoms with van der Waals surface area (Å²) in [6, 6.07) is 8.00. The summed E-state index contributed by atoms with van der Waals surface area (Å²) in [5.41, 5.74) is 1.93. The van der Waals surface area contributed by atoms with E-state index in [4.69, 9.17) is 9.47 Å². The predicted molar refractivity (Wildman–Crippen MR) is 153 cm³/mol. The molecule has 10 nitrogen and oxygen atoms in total. The van der Waals surface area contributed by atoms with Gasteiger partial charge < -0.3 is 24.3 Å². The molecule has 39 heavy (non-hydrogen) atoms. The van der Waals surface area contributed by atoms with Gasteiger partial charge in [-0.1, -0.05) is 44.7 Å². The Morgan fingerprint density at radius 2 is 1.79 bits per heavy atom. The van der Waals surface area contributed by atoms with E-state index in [1.807, 2.05) is 23.6 Å². The Hall–Kier alpha value is -3.38. The van der Waals surface area contributed by atoms with Crippen molar-refractivity contribution < 1.29 is 23.9 Å². The number of esters is 1. The van der Waals surface area contributed by atoms with Gasteiger partial charge in [-0.15, -0.1) is 21.5 Å². The van der Waals surface area contributed by atoms with Crippen molar-refractivity contribution in [1.82, 2.24) is 19.7 Å². The predicted octanol–water partition coefficient (Wildman–Crippen LogP) is 4.76. The molecule has 0 radical (unpaired) electrons. The van der Waals surface area contributed by atoms with Crippen LogP contribution in [0.5, 0.6) is 5.75 Å². The molecule has 2 amide bonds. The molecule has 0 bridgehead atoms. The Balaban J connectivity index is 1.67. The molecule has 0 saturated heterocycles. The summed E-state index contributed by atoms with van der Waals surface area (Å²) in [6.45, 7) is 11.0. The summed E-state index contributed by atoms with van der Waals surface area (Å²) < 4.78 is 12.7. The molecule has 0 aliphatic carbocycles. The van der Waals surface area contributed by atoms with Crippen LogP contribution in [0.1, 0.15) is 64.7 Å². The lowest BCUT2D eigenvalue weighted by molar-refractivity contribution is -0.113. The first-order chi connectivity index (χ1) is 18.4. The fourth-order valence-electron chi connectivity index (χ4n) is 3.70. The lowest BCUT2D eigenvalue weighted by atomic mass is 9.87. The maximum atomic E-state index is 12.8. The standard InChI is InChI=1S/C27H35N5O5S2/c1-9-32-19(14-37-18-12-10-17(11-13-18)27(3,4)5)29-30-26(32)38-15-20(33)28-23-21(25(35)36-8)16(2)22(39-23)24(34)31(6)7/h10-13H,9,14-15H2,1-8H3,(H,28,33). The molecule has 0 unspecified atom stereocenters. The van der Waals surface area contributed by atoms with Crippen LogP contribution in [0.3, 0.4) is 0 Å². The van der Waals surface area contributed by atoms with Gasteiger partial charge >= 0.3 is 5.97 Å². The van der Waals surface area contributed by atoms with E-state index in [1.54, 1.807) is 21.0 Å². The van der Waals surface area contributed by atoms with Crippen LogP contribution in [-0.2, 0) is 28.1 Å². The van der Waals surface area contributed by atoms with Crippen LogP contribution < -0.4 is 10.1 Å². The highest BCUT2D eigenvalue weighted by molar-refractivity contribution is 7.99. The van der Waals surface area contributed by atoms with Crippen LogP contribution >= 0.6 is 23.1 Å². The zero-order valence-electron chi connectivity index (χ0n) is 23.6. The van der Waals surface area contributed by atoms with Crippen LogP contribution in [0, 0.1) is 6.92 Å². The number of hydrogen-bond donors (Lipinski definition) is 1. The summed E-state index contributed by atoms with van der Waals surface area (Å²) in [6.07, 6.45) is 0. The second-order valence-electron chi connectivity index (χ2n) is 9.99. The van der Waals surface area contributed by atoms with Crippen molar-refractivity contribution >= 4 is 45.9 Å². The first kappa shape index (κ1) is 30.2. The smallest absolute Gasteiger partial charge is 0.341 e. The minimum Gasteiger partial charge on any atom is -0.486 e. The molecular weight excluding hydrogens is 538 g/mol. The SMILES string of the molecule is CCn1c(COc2ccc(C(C)(C)C)cc2)nnc1SCC(=O)Nc1sc(C(=O)N(C)C)c(C)c1C(=O)OC. The zero-order valence-corrected chi connectivity index (χ0v) is 25.2. The molecule has 210 valence electrons. The fourth-order valence-corrected chi connectivity index (χ4v) is 5.75. The Morgan fingerprint density at radius 3 is 2.36 bits per heavy atom. The summed E-state index contributed by atoms with van der Waals surface area (Å²) >= 11 is 2.28. The monoisotopic (exact) mass is 573 g/mol. The lowest BCUT2D eigenvalue weighted by Crippen LogP contribution is -2.21. The number of thioether (sulfide) groups is 1. The molecule has 3 rings (SSSR count). The van der Waals surface area contributed by atoms with Crippen molar-refractivity contribution in [2.45, 2.75) is 58.3 Å². The van der Waals surface area contributed by atoms with E-state index in [9.17, 15) is 14.4 Å². The average molecular weight is 574 g/mol. The first-order valence-electron chi connectivity index (χ1n) is 12.4. The number of methoxy groups -OCH3 is 1. The summed E-state index contributed by atoms with van der Waals surface area (Å²) in [7, 11) is 4.51. The molecule has 0 spiro atoms. The van der Waals surface area contributed by atoms with E-state index in [-0.39, 0.29) is 40.2 Å². The lowest BCUT2D eigenvalue weighted by Gasteiger charge is -2.19. The molecule has 0 aliphatic rings. The third-order valence-corrected chi connectivity index (χ3v) is 8.08. The van der Waals surface area contributed by atoms with Crippen molar-refractivity contribution in [3.63, 3.8) is 0 Å². The molecule has 3 aromatic rings. The largest absolute Gasteiger partial charge is 0.486 e. The molecular formula is C27H35N5O5S2. The van der Waals surface area contributed by atoms with Gasteiger partial charge in [-0.05, 0) is 42.5 Å². The molecule has 0 fully saturated rings. The van der Waals surface area contributed by atoms with Crippen LogP contribution in [-0.4, -0.2) is 64.4 Å². The van der Waals surface area contributed by atoms with Gasteiger partial charge in [-0.2, -0.15) is 0 Å². The number of carbonyl (C=O) groups excluding carboxylic acids is 3. The van der Waals surface area contributed by atoms with E-state index in [0.29, 0.717) is 28.0 Å². The Kier molecular flexibility index (Phi) is 9.78. The van der Waals surface area contributed by atoms with E-state index < -0.39 is 5.97 Å². The van der Waals surface area contributed by atoms with Crippen LogP contribution in [0.25, 0.3) is 0 Å². The number of amides is 2. The van der Waals surface area contributed by atoms with E-state index in [2.05, 4.69) is 48.4 Å². The summed E-state index contributed by atoms with van der Waals surface area (Å²) in [5, 5.41) is 12.1. The molecule has 12 heteroatoms. The number of rotatable bonds is 10. The number of anilines is 1. The van der Waals surface area contributed by atoms with Gasteiger partial charge in [0.05, 0.1) is 23.3 Å². The molecule has 1 N–H and O–H groups in total. The van der Waals surface area contributed by atoms with Crippen LogP contribution in [0.15, 0.2) is 29.4 Å². The number of aromatic nitrogens is 3. The molecule has 1 aromatic carbocycles. The van der Waals surface area contributed by atoms with Crippen molar-refractivity contribution in [2.24, 2.45) is 0 Å². The second-order valence-corrected chi connectivity index (χ2v) is 12.0. The van der Waals surface area contributed by atoms with Gasteiger partial charge in [-0.3, -0.25) is 9.59 Å². The highest BCUT2D eigenvalue weighted by Gasteiger charge is 2.27. The zero-order chi connectivity index (χ0) is 28.9. The fraction of sp³-hybridized carbons (Fsp3) is 0.444. The summed E-state index contributed by atoms with van der Waals surface area (Å²) in [4.78, 5) is 39.6. The first-order valence-corrected chi connectivity index (χ1v) is 14.2. The third-order valence-electron chi connectivity index (χ3n) is 5.92. The highest BCUT2D eigenvalue weighted by Crippen LogP contribution is 2.34. The van der Waals surface area contributed by atoms with Crippen molar-refractivity contribution in [1.29, 1.82) is 0 Å². The Labute approximate surface area is 237 Å². The van der Waals surface area contributed by atoms with Gasteiger partial charge in [0.25, 0.3) is 5.91 Å². The number of hydrogen-bond acceptors (Lipinski definition) is 9. The molecule has 0 saturated carbocycles. The summed E-state index contributed by atoms with van der Waals surface area (Å²) in [5.74, 6) is 0.192. The van der Waals surface area contributed by atoms with E-state index >= 15 is 0 Å². The number of ether oxygens (including phenoxy) is 2. The Bertz CT molecular complexity index is 1340. The van der Waals surface area contributed by atoms with Gasteiger partial charge in [0.1, 0.15) is 17.4 Å². The molecule has 2 heterocycles. The molecule has 2 aromatic heterocycles.